The standard InChI is InChI=1S/C21H26N2O2.C2H2O4/c1-17-7-9-20(10-8-17)25-16-21(24)23-13-11-22(12-14-23)15-19-6-4-3-5-18(19)2;3-1(4)2(5)6/h3-10H,11-16H2,1-2H3;(H,3,4)(H,5,6). The van der Waals surface area contributed by atoms with Crippen LogP contribution >= 0.6 is 0 Å². The summed E-state index contributed by atoms with van der Waals surface area (Å²) in [4.78, 5) is 34.9. The van der Waals surface area contributed by atoms with Crippen LogP contribution in [0.2, 0.25) is 0 Å². The van der Waals surface area contributed by atoms with Crippen molar-refractivity contribution < 1.29 is 29.3 Å². The van der Waals surface area contributed by atoms with Gasteiger partial charge >= 0.3 is 11.9 Å². The Morgan fingerprint density at radius 3 is 2.00 bits per heavy atom. The summed E-state index contributed by atoms with van der Waals surface area (Å²) in [5.74, 6) is -2.83. The number of aliphatic carboxylic acids is 2. The molecule has 1 aliphatic heterocycles. The van der Waals surface area contributed by atoms with Crippen molar-refractivity contribution in [1.82, 2.24) is 9.80 Å². The number of carboxylic acids is 2. The maximum absolute atomic E-state index is 12.3. The number of hydrogen-bond acceptors (Lipinski definition) is 5. The minimum atomic E-state index is -1.82. The van der Waals surface area contributed by atoms with E-state index in [1.165, 1.54) is 16.7 Å². The maximum atomic E-state index is 12.3. The summed E-state index contributed by atoms with van der Waals surface area (Å²) in [5, 5.41) is 14.8. The number of rotatable bonds is 5. The first-order chi connectivity index (χ1) is 14.8. The molecule has 0 aliphatic carbocycles. The Morgan fingerprint density at radius 1 is 0.871 bits per heavy atom. The van der Waals surface area contributed by atoms with E-state index in [2.05, 4.69) is 36.1 Å². The zero-order valence-corrected chi connectivity index (χ0v) is 17.8. The second kappa shape index (κ2) is 11.7. The van der Waals surface area contributed by atoms with Crippen molar-refractivity contribution in [3.05, 3.63) is 65.2 Å². The molecule has 31 heavy (non-hydrogen) atoms. The fourth-order valence-electron chi connectivity index (χ4n) is 3.05. The molecular formula is C23H28N2O6. The van der Waals surface area contributed by atoms with Crippen LogP contribution in [0.1, 0.15) is 16.7 Å². The largest absolute Gasteiger partial charge is 0.484 e. The minimum Gasteiger partial charge on any atom is -0.484 e. The van der Waals surface area contributed by atoms with Gasteiger partial charge in [0.05, 0.1) is 0 Å². The monoisotopic (exact) mass is 428 g/mol. The van der Waals surface area contributed by atoms with Crippen molar-refractivity contribution in [2.45, 2.75) is 20.4 Å². The Morgan fingerprint density at radius 2 is 1.45 bits per heavy atom. The molecule has 0 saturated carbocycles. The third-order valence-corrected chi connectivity index (χ3v) is 4.95. The Hall–Kier alpha value is -3.39. The van der Waals surface area contributed by atoms with Crippen LogP contribution in [0.25, 0.3) is 0 Å². The molecule has 2 N–H and O–H groups in total. The van der Waals surface area contributed by atoms with Crippen molar-refractivity contribution >= 4 is 17.8 Å². The summed E-state index contributed by atoms with van der Waals surface area (Å²) in [6.45, 7) is 8.59. The molecule has 0 atom stereocenters. The quantitative estimate of drug-likeness (QED) is 0.703. The number of amides is 1. The lowest BCUT2D eigenvalue weighted by Crippen LogP contribution is -2.49. The van der Waals surface area contributed by atoms with Gasteiger partial charge in [-0.3, -0.25) is 9.69 Å². The molecule has 1 aliphatic rings. The van der Waals surface area contributed by atoms with Gasteiger partial charge in [0, 0.05) is 32.7 Å². The van der Waals surface area contributed by atoms with Gasteiger partial charge in [-0.05, 0) is 37.1 Å². The Kier molecular flexibility index (Phi) is 9.02. The second-order valence-corrected chi connectivity index (χ2v) is 7.30. The molecule has 0 aromatic heterocycles. The summed E-state index contributed by atoms with van der Waals surface area (Å²) in [6, 6.07) is 16.3. The van der Waals surface area contributed by atoms with Gasteiger partial charge in [-0.2, -0.15) is 0 Å². The zero-order valence-electron chi connectivity index (χ0n) is 17.8. The van der Waals surface area contributed by atoms with Crippen LogP contribution in [0.4, 0.5) is 0 Å². The first-order valence-corrected chi connectivity index (χ1v) is 9.96. The predicted octanol–water partition coefficient (Wildman–Crippen LogP) is 2.18. The maximum Gasteiger partial charge on any atom is 0.414 e. The Labute approximate surface area is 181 Å². The van der Waals surface area contributed by atoms with Gasteiger partial charge in [-0.25, -0.2) is 9.59 Å². The number of hydrogen-bond donors (Lipinski definition) is 2. The second-order valence-electron chi connectivity index (χ2n) is 7.30. The average molecular weight is 428 g/mol. The summed E-state index contributed by atoms with van der Waals surface area (Å²) in [7, 11) is 0. The molecule has 1 heterocycles. The van der Waals surface area contributed by atoms with Gasteiger partial charge in [0.1, 0.15) is 5.75 Å². The third-order valence-electron chi connectivity index (χ3n) is 4.95. The molecule has 1 fully saturated rings. The SMILES string of the molecule is Cc1ccc(OCC(=O)N2CCN(Cc3ccccc3C)CC2)cc1.O=C(O)C(=O)O. The summed E-state index contributed by atoms with van der Waals surface area (Å²) < 4.78 is 5.61. The molecule has 1 amide bonds. The summed E-state index contributed by atoms with van der Waals surface area (Å²) in [5.41, 5.74) is 3.88. The van der Waals surface area contributed by atoms with Crippen molar-refractivity contribution in [2.75, 3.05) is 32.8 Å². The van der Waals surface area contributed by atoms with Gasteiger partial charge in [0.15, 0.2) is 6.61 Å². The molecule has 2 aromatic carbocycles. The molecule has 0 spiro atoms. The topological polar surface area (TPSA) is 107 Å². The highest BCUT2D eigenvalue weighted by Gasteiger charge is 2.21. The van der Waals surface area contributed by atoms with Crippen molar-refractivity contribution in [2.24, 2.45) is 0 Å². The number of carbonyl (C=O) groups excluding carboxylic acids is 1. The number of carboxylic acid groups (broad SMARTS) is 2. The van der Waals surface area contributed by atoms with Gasteiger partial charge in [0.2, 0.25) is 0 Å². The Bertz CT molecular complexity index is 877. The van der Waals surface area contributed by atoms with E-state index in [0.29, 0.717) is 0 Å². The first kappa shape index (κ1) is 23.9. The zero-order chi connectivity index (χ0) is 22.8. The number of nitrogens with zero attached hydrogens (tertiary/aromatic N) is 2. The molecule has 0 radical (unpaired) electrons. The van der Waals surface area contributed by atoms with Gasteiger partial charge in [-0.15, -0.1) is 0 Å². The molecule has 0 unspecified atom stereocenters. The lowest BCUT2D eigenvalue weighted by Gasteiger charge is -2.35. The number of aryl methyl sites for hydroxylation is 2. The highest BCUT2D eigenvalue weighted by atomic mass is 16.5. The van der Waals surface area contributed by atoms with E-state index < -0.39 is 11.9 Å². The normalized spacial score (nSPS) is 13.7. The molecule has 8 nitrogen and oxygen atoms in total. The molecule has 1 saturated heterocycles. The van der Waals surface area contributed by atoms with E-state index in [4.69, 9.17) is 24.5 Å². The lowest BCUT2D eigenvalue weighted by atomic mass is 10.1. The van der Waals surface area contributed by atoms with Crippen molar-refractivity contribution in [1.29, 1.82) is 0 Å². The van der Waals surface area contributed by atoms with Crippen LogP contribution in [0.3, 0.4) is 0 Å². The van der Waals surface area contributed by atoms with E-state index in [-0.39, 0.29) is 12.5 Å². The van der Waals surface area contributed by atoms with Crippen molar-refractivity contribution in [3.8, 4) is 5.75 Å². The number of benzene rings is 2. The fraction of sp³-hybridized carbons (Fsp3) is 0.348. The molecule has 8 heteroatoms. The summed E-state index contributed by atoms with van der Waals surface area (Å²) in [6.07, 6.45) is 0. The van der Waals surface area contributed by atoms with Crippen LogP contribution in [0, 0.1) is 13.8 Å². The number of piperazine rings is 1. The molecule has 3 rings (SSSR count). The average Bonchev–Trinajstić information content (AvgIpc) is 2.75. The molecule has 2 aromatic rings. The van der Waals surface area contributed by atoms with Gasteiger partial charge in [-0.1, -0.05) is 42.0 Å². The molecular weight excluding hydrogens is 400 g/mol. The number of carbonyl (C=O) groups is 3. The van der Waals surface area contributed by atoms with Crippen LogP contribution in [0.15, 0.2) is 48.5 Å². The minimum absolute atomic E-state index is 0.0658. The smallest absolute Gasteiger partial charge is 0.414 e. The van der Waals surface area contributed by atoms with E-state index in [9.17, 15) is 4.79 Å². The van der Waals surface area contributed by atoms with Gasteiger partial charge < -0.3 is 19.8 Å². The lowest BCUT2D eigenvalue weighted by molar-refractivity contribution is -0.159. The van der Waals surface area contributed by atoms with Crippen LogP contribution in [-0.2, 0) is 20.9 Å². The molecule has 0 bridgehead atoms. The third kappa shape index (κ3) is 8.10. The van der Waals surface area contributed by atoms with E-state index in [0.717, 1.165) is 38.5 Å². The van der Waals surface area contributed by atoms with E-state index in [1.54, 1.807) is 0 Å². The summed E-state index contributed by atoms with van der Waals surface area (Å²) >= 11 is 0. The highest BCUT2D eigenvalue weighted by molar-refractivity contribution is 6.27. The first-order valence-electron chi connectivity index (χ1n) is 9.96. The number of ether oxygens (including phenoxy) is 1. The van der Waals surface area contributed by atoms with E-state index >= 15 is 0 Å². The highest BCUT2D eigenvalue weighted by Crippen LogP contribution is 2.14. The van der Waals surface area contributed by atoms with Crippen LogP contribution < -0.4 is 4.74 Å². The molecule has 166 valence electrons. The van der Waals surface area contributed by atoms with Crippen LogP contribution in [0.5, 0.6) is 5.75 Å². The predicted molar refractivity (Wildman–Crippen MR) is 115 cm³/mol. The Balaban J connectivity index is 0.000000501. The van der Waals surface area contributed by atoms with Crippen LogP contribution in [-0.4, -0.2) is 70.6 Å². The van der Waals surface area contributed by atoms with E-state index in [1.807, 2.05) is 36.1 Å². The van der Waals surface area contributed by atoms with Crippen molar-refractivity contribution in [3.63, 3.8) is 0 Å². The fourth-order valence-corrected chi connectivity index (χ4v) is 3.05. The van der Waals surface area contributed by atoms with Gasteiger partial charge in [0.25, 0.3) is 5.91 Å².